The van der Waals surface area contributed by atoms with E-state index < -0.39 is 5.97 Å². The Hall–Kier alpha value is -3.61. The van der Waals surface area contributed by atoms with Gasteiger partial charge in [0.1, 0.15) is 5.75 Å². The normalized spacial score (nSPS) is 10.5. The highest BCUT2D eigenvalue weighted by Crippen LogP contribution is 2.16. The van der Waals surface area contributed by atoms with Crippen molar-refractivity contribution < 1.29 is 14.3 Å². The number of nitrogens with one attached hydrogen (secondary N) is 3. The molecule has 0 saturated heterocycles. The van der Waals surface area contributed by atoms with E-state index in [4.69, 9.17) is 15.9 Å². The van der Waals surface area contributed by atoms with Crippen LogP contribution in [0.2, 0.25) is 0 Å². The lowest BCUT2D eigenvalue weighted by Gasteiger charge is -2.07. The first-order chi connectivity index (χ1) is 13.5. The molecule has 5 N–H and O–H groups in total. The van der Waals surface area contributed by atoms with Crippen LogP contribution in [0.1, 0.15) is 35.7 Å². The van der Waals surface area contributed by atoms with Gasteiger partial charge in [0, 0.05) is 18.3 Å². The second-order valence-corrected chi connectivity index (χ2v) is 6.05. The minimum Gasteiger partial charge on any atom is -0.423 e. The van der Waals surface area contributed by atoms with E-state index in [0.717, 1.165) is 18.4 Å². The number of hydrogen-bond donors (Lipinski definition) is 4. The molecule has 0 bridgehead atoms. The Labute approximate surface area is 164 Å². The molecule has 0 radical (unpaired) electrons. The fourth-order valence-corrected chi connectivity index (χ4v) is 2.28. The van der Waals surface area contributed by atoms with Crippen LogP contribution in [-0.4, -0.2) is 24.4 Å². The van der Waals surface area contributed by atoms with Crippen molar-refractivity contribution in [1.29, 1.82) is 5.41 Å². The molecule has 28 heavy (non-hydrogen) atoms. The lowest BCUT2D eigenvalue weighted by molar-refractivity contribution is -0.116. The summed E-state index contributed by atoms with van der Waals surface area (Å²) in [5.74, 6) is -0.400. The Morgan fingerprint density at radius 3 is 2.39 bits per heavy atom. The summed E-state index contributed by atoms with van der Waals surface area (Å²) in [6.45, 7) is 2.73. The molecule has 0 fully saturated rings. The maximum Gasteiger partial charge on any atom is 0.343 e. The highest BCUT2D eigenvalue weighted by Gasteiger charge is 2.08. The number of guanidine groups is 1. The standard InChI is InChI=1S/C21H24N4O3/c1-2-3-14-24-19(26)13-6-15-4-11-18(12-5-15)28-20(27)16-7-9-17(10-8-16)25-21(22)23/h4-13H,2-3,14H2,1H3,(H,24,26)(H4,22,23,25). The van der Waals surface area contributed by atoms with Crippen LogP contribution in [0, 0.1) is 5.41 Å². The molecule has 7 heteroatoms. The van der Waals surface area contributed by atoms with Crippen molar-refractivity contribution in [3.8, 4) is 5.75 Å². The molecule has 2 aromatic rings. The number of nitrogens with two attached hydrogens (primary N) is 1. The van der Waals surface area contributed by atoms with Gasteiger partial charge in [-0.05, 0) is 54.5 Å². The van der Waals surface area contributed by atoms with Crippen molar-refractivity contribution in [2.75, 3.05) is 11.9 Å². The van der Waals surface area contributed by atoms with Gasteiger partial charge >= 0.3 is 5.97 Å². The lowest BCUT2D eigenvalue weighted by Crippen LogP contribution is -2.21. The fraction of sp³-hybridized carbons (Fsp3) is 0.190. The summed E-state index contributed by atoms with van der Waals surface area (Å²) < 4.78 is 5.34. The summed E-state index contributed by atoms with van der Waals surface area (Å²) in [5, 5.41) is 12.6. The van der Waals surface area contributed by atoms with E-state index in [2.05, 4.69) is 17.6 Å². The van der Waals surface area contributed by atoms with Crippen molar-refractivity contribution in [3.05, 3.63) is 65.7 Å². The Morgan fingerprint density at radius 1 is 1.11 bits per heavy atom. The van der Waals surface area contributed by atoms with Crippen molar-refractivity contribution in [3.63, 3.8) is 0 Å². The van der Waals surface area contributed by atoms with Crippen LogP contribution in [0.5, 0.6) is 5.75 Å². The Kier molecular flexibility index (Phi) is 7.77. The van der Waals surface area contributed by atoms with Crippen molar-refractivity contribution in [2.24, 2.45) is 5.73 Å². The SMILES string of the molecule is CCCCNC(=O)C=Cc1ccc(OC(=O)c2ccc(NC(=N)N)cc2)cc1. The van der Waals surface area contributed by atoms with Gasteiger partial charge in [0.25, 0.3) is 0 Å². The van der Waals surface area contributed by atoms with Crippen molar-refractivity contribution in [2.45, 2.75) is 19.8 Å². The Balaban J connectivity index is 1.90. The monoisotopic (exact) mass is 380 g/mol. The highest BCUT2D eigenvalue weighted by molar-refractivity contribution is 5.93. The molecule has 0 heterocycles. The predicted octanol–water partition coefficient (Wildman–Crippen LogP) is 3.14. The smallest absolute Gasteiger partial charge is 0.343 e. The highest BCUT2D eigenvalue weighted by atomic mass is 16.5. The number of ether oxygens (including phenoxy) is 1. The summed E-state index contributed by atoms with van der Waals surface area (Å²) in [6, 6.07) is 13.3. The Morgan fingerprint density at radius 2 is 1.79 bits per heavy atom. The zero-order valence-electron chi connectivity index (χ0n) is 15.7. The molecule has 2 rings (SSSR count). The van der Waals surface area contributed by atoms with Gasteiger partial charge in [0.15, 0.2) is 5.96 Å². The molecule has 0 unspecified atom stereocenters. The number of carbonyl (C=O) groups excluding carboxylic acids is 2. The molecule has 0 aromatic heterocycles. The number of hydrogen-bond acceptors (Lipinski definition) is 4. The molecule has 0 atom stereocenters. The molecule has 0 saturated carbocycles. The van der Waals surface area contributed by atoms with E-state index in [1.165, 1.54) is 6.08 Å². The first kappa shape index (κ1) is 20.7. The van der Waals surface area contributed by atoms with Gasteiger partial charge in [-0.25, -0.2) is 4.79 Å². The largest absolute Gasteiger partial charge is 0.423 e. The van der Waals surface area contributed by atoms with Crippen LogP contribution in [0.4, 0.5) is 5.69 Å². The minimum atomic E-state index is -0.493. The lowest BCUT2D eigenvalue weighted by atomic mass is 10.2. The molecule has 1 amide bonds. The van der Waals surface area contributed by atoms with E-state index in [1.54, 1.807) is 54.6 Å². The molecular weight excluding hydrogens is 356 g/mol. The van der Waals surface area contributed by atoms with Gasteiger partial charge in [0.05, 0.1) is 5.56 Å². The molecule has 0 aliphatic carbocycles. The zero-order valence-corrected chi connectivity index (χ0v) is 15.7. The minimum absolute atomic E-state index is 0.133. The topological polar surface area (TPSA) is 117 Å². The third-order valence-electron chi connectivity index (χ3n) is 3.75. The summed E-state index contributed by atoms with van der Waals surface area (Å²) >= 11 is 0. The Bertz CT molecular complexity index is 843. The predicted molar refractivity (Wildman–Crippen MR) is 110 cm³/mol. The maximum atomic E-state index is 12.2. The van der Waals surface area contributed by atoms with E-state index >= 15 is 0 Å². The molecule has 7 nitrogen and oxygen atoms in total. The summed E-state index contributed by atoms with van der Waals surface area (Å²) in [7, 11) is 0. The first-order valence-corrected chi connectivity index (χ1v) is 8.97. The van der Waals surface area contributed by atoms with Gasteiger partial charge in [-0.3, -0.25) is 10.2 Å². The van der Waals surface area contributed by atoms with Gasteiger partial charge in [-0.15, -0.1) is 0 Å². The molecule has 2 aromatic carbocycles. The maximum absolute atomic E-state index is 12.2. The summed E-state index contributed by atoms with van der Waals surface area (Å²) in [4.78, 5) is 23.8. The average molecular weight is 380 g/mol. The molecule has 0 aliphatic heterocycles. The van der Waals surface area contributed by atoms with Gasteiger partial charge < -0.3 is 21.1 Å². The van der Waals surface area contributed by atoms with Gasteiger partial charge in [-0.1, -0.05) is 25.5 Å². The average Bonchev–Trinajstić information content (AvgIpc) is 2.68. The molecule has 0 aliphatic rings. The van der Waals surface area contributed by atoms with Crippen LogP contribution in [-0.2, 0) is 4.79 Å². The fourth-order valence-electron chi connectivity index (χ4n) is 2.28. The van der Waals surface area contributed by atoms with E-state index in [0.29, 0.717) is 23.5 Å². The summed E-state index contributed by atoms with van der Waals surface area (Å²) in [6.07, 6.45) is 5.17. The second-order valence-electron chi connectivity index (χ2n) is 6.05. The second kappa shape index (κ2) is 10.5. The van der Waals surface area contributed by atoms with E-state index in [-0.39, 0.29) is 11.9 Å². The van der Waals surface area contributed by atoms with Crippen LogP contribution >= 0.6 is 0 Å². The zero-order chi connectivity index (χ0) is 20.4. The van der Waals surface area contributed by atoms with Crippen LogP contribution in [0.15, 0.2) is 54.6 Å². The number of carbonyl (C=O) groups is 2. The number of amides is 1. The number of rotatable bonds is 8. The number of benzene rings is 2. The van der Waals surface area contributed by atoms with Crippen LogP contribution in [0.3, 0.4) is 0 Å². The van der Waals surface area contributed by atoms with Gasteiger partial charge in [-0.2, -0.15) is 0 Å². The summed E-state index contributed by atoms with van der Waals surface area (Å²) in [5.41, 5.74) is 7.07. The van der Waals surface area contributed by atoms with Crippen LogP contribution < -0.4 is 21.1 Å². The van der Waals surface area contributed by atoms with E-state index in [1.807, 2.05) is 0 Å². The molecule has 146 valence electrons. The first-order valence-electron chi connectivity index (χ1n) is 8.97. The number of esters is 1. The van der Waals surface area contributed by atoms with Crippen molar-refractivity contribution in [1.82, 2.24) is 5.32 Å². The van der Waals surface area contributed by atoms with Gasteiger partial charge in [0.2, 0.25) is 5.91 Å². The number of anilines is 1. The third-order valence-corrected chi connectivity index (χ3v) is 3.75. The van der Waals surface area contributed by atoms with Crippen LogP contribution in [0.25, 0.3) is 6.08 Å². The third kappa shape index (κ3) is 6.95. The quantitative estimate of drug-likeness (QED) is 0.140. The number of unbranched alkanes of at least 4 members (excludes halogenated alkanes) is 1. The molecule has 0 spiro atoms. The molecular formula is C21H24N4O3. The van der Waals surface area contributed by atoms with E-state index in [9.17, 15) is 9.59 Å². The van der Waals surface area contributed by atoms with Crippen molar-refractivity contribution >= 4 is 29.6 Å².